The van der Waals surface area contributed by atoms with E-state index in [1.165, 1.54) is 5.56 Å². The Morgan fingerprint density at radius 2 is 1.70 bits per heavy atom. The average molecular weight is 462 g/mol. The molecule has 0 spiro atoms. The van der Waals surface area contributed by atoms with Crippen LogP contribution < -0.4 is 10.1 Å². The van der Waals surface area contributed by atoms with E-state index in [9.17, 15) is 5.11 Å². The molecule has 33 heavy (non-hydrogen) atoms. The number of thiazole rings is 1. The summed E-state index contributed by atoms with van der Waals surface area (Å²) in [4.78, 5) is 19.7. The monoisotopic (exact) mass is 461 g/mol. The smallest absolute Gasteiger partial charge is 0.223 e. The van der Waals surface area contributed by atoms with E-state index < -0.39 is 0 Å². The number of nitrogens with one attached hydrogen (secondary N) is 1. The van der Waals surface area contributed by atoms with Gasteiger partial charge >= 0.3 is 0 Å². The molecule has 3 aromatic heterocycles. The van der Waals surface area contributed by atoms with Gasteiger partial charge in [0.15, 0.2) is 0 Å². The molecule has 0 saturated heterocycles. The largest absolute Gasteiger partial charge is 0.481 e. The van der Waals surface area contributed by atoms with Crippen molar-refractivity contribution in [2.45, 2.75) is 50.7 Å². The van der Waals surface area contributed by atoms with Crippen molar-refractivity contribution in [2.24, 2.45) is 0 Å². The molecular formula is C25H27N5O2S. The number of benzene rings is 1. The summed E-state index contributed by atoms with van der Waals surface area (Å²) >= 11 is 1.56. The summed E-state index contributed by atoms with van der Waals surface area (Å²) in [6.07, 6.45) is 4.66. The molecule has 1 saturated carbocycles. The molecule has 1 fully saturated rings. The predicted molar refractivity (Wildman–Crippen MR) is 130 cm³/mol. The zero-order valence-electron chi connectivity index (χ0n) is 18.6. The highest BCUT2D eigenvalue weighted by Gasteiger charge is 2.20. The summed E-state index contributed by atoms with van der Waals surface area (Å²) in [5, 5.41) is 14.3. The zero-order chi connectivity index (χ0) is 22.6. The van der Waals surface area contributed by atoms with Gasteiger partial charge in [0.25, 0.3) is 0 Å². The Morgan fingerprint density at radius 3 is 2.45 bits per heavy atom. The van der Waals surface area contributed by atoms with Crippen molar-refractivity contribution in [1.29, 1.82) is 0 Å². The molecule has 7 nitrogen and oxygen atoms in total. The summed E-state index contributed by atoms with van der Waals surface area (Å²) in [7, 11) is 1.62. The Kier molecular flexibility index (Phi) is 6.46. The van der Waals surface area contributed by atoms with Gasteiger partial charge in [-0.25, -0.2) is 19.9 Å². The minimum atomic E-state index is -0.185. The van der Waals surface area contributed by atoms with Gasteiger partial charge in [-0.15, -0.1) is 0 Å². The molecule has 170 valence electrons. The van der Waals surface area contributed by atoms with Crippen molar-refractivity contribution >= 4 is 27.6 Å². The molecule has 0 bridgehead atoms. The first-order valence-corrected chi connectivity index (χ1v) is 12.1. The number of hydrogen-bond acceptors (Lipinski definition) is 8. The Labute approximate surface area is 196 Å². The molecule has 0 amide bonds. The standard InChI is InChI=1S/C25H27N5O2S/c1-32-22-12-11-21-24(30-22)33-23(29-21)15-19-14-18(13-16-5-3-2-4-6-16)27-25(28-19)26-17-7-9-20(31)10-8-17/h2-6,11-12,14,17,20,31H,7-10,13,15H2,1H3,(H,26,27,28). The van der Waals surface area contributed by atoms with Crippen molar-refractivity contribution in [3.63, 3.8) is 0 Å². The summed E-state index contributed by atoms with van der Waals surface area (Å²) in [5.41, 5.74) is 3.99. The Hall–Kier alpha value is -3.10. The van der Waals surface area contributed by atoms with Crippen molar-refractivity contribution in [1.82, 2.24) is 19.9 Å². The van der Waals surface area contributed by atoms with Crippen LogP contribution in [0.1, 0.15) is 47.6 Å². The molecule has 1 aliphatic rings. The molecule has 4 aromatic rings. The average Bonchev–Trinajstić information content (AvgIpc) is 3.22. The summed E-state index contributed by atoms with van der Waals surface area (Å²) in [5.74, 6) is 1.25. The van der Waals surface area contributed by atoms with Crippen LogP contribution in [0.2, 0.25) is 0 Å². The highest BCUT2D eigenvalue weighted by molar-refractivity contribution is 7.18. The van der Waals surface area contributed by atoms with Crippen molar-refractivity contribution in [3.8, 4) is 5.88 Å². The number of methoxy groups -OCH3 is 1. The highest BCUT2D eigenvalue weighted by atomic mass is 32.1. The SMILES string of the molecule is COc1ccc2nc(Cc3cc(Cc4ccccc4)nc(NC4CCC(O)CC4)n3)sc2n1. The Balaban J connectivity index is 1.41. The van der Waals surface area contributed by atoms with Crippen LogP contribution in [0.5, 0.6) is 5.88 Å². The maximum absolute atomic E-state index is 9.82. The van der Waals surface area contributed by atoms with E-state index in [1.807, 2.05) is 30.3 Å². The maximum atomic E-state index is 9.82. The summed E-state index contributed by atoms with van der Waals surface area (Å²) < 4.78 is 5.24. The van der Waals surface area contributed by atoms with Gasteiger partial charge in [-0.1, -0.05) is 41.7 Å². The second-order valence-corrected chi connectivity index (χ2v) is 9.51. The third-order valence-corrected chi connectivity index (χ3v) is 6.87. The fourth-order valence-electron chi connectivity index (χ4n) is 4.20. The number of hydrogen-bond donors (Lipinski definition) is 2. The lowest BCUT2D eigenvalue weighted by Gasteiger charge is -2.26. The number of fused-ring (bicyclic) bond motifs is 1. The van der Waals surface area contributed by atoms with Gasteiger partial charge in [-0.3, -0.25) is 0 Å². The topological polar surface area (TPSA) is 93.1 Å². The molecule has 2 N–H and O–H groups in total. The van der Waals surface area contributed by atoms with Crippen LogP contribution in [0.4, 0.5) is 5.95 Å². The summed E-state index contributed by atoms with van der Waals surface area (Å²) in [6.45, 7) is 0. The van der Waals surface area contributed by atoms with Gasteiger partial charge < -0.3 is 15.2 Å². The van der Waals surface area contributed by atoms with Crippen LogP contribution in [-0.4, -0.2) is 44.3 Å². The molecule has 1 aliphatic carbocycles. The van der Waals surface area contributed by atoms with Crippen LogP contribution in [0.3, 0.4) is 0 Å². The van der Waals surface area contributed by atoms with E-state index in [4.69, 9.17) is 19.7 Å². The minimum absolute atomic E-state index is 0.185. The van der Waals surface area contributed by atoms with E-state index in [1.54, 1.807) is 18.4 Å². The lowest BCUT2D eigenvalue weighted by molar-refractivity contribution is 0.126. The first kappa shape index (κ1) is 21.7. The van der Waals surface area contributed by atoms with Crippen LogP contribution in [0, 0.1) is 0 Å². The number of aliphatic hydroxyl groups is 1. The minimum Gasteiger partial charge on any atom is -0.481 e. The normalized spacial score (nSPS) is 18.4. The zero-order valence-corrected chi connectivity index (χ0v) is 19.4. The molecule has 0 unspecified atom stereocenters. The quantitative estimate of drug-likeness (QED) is 0.422. The molecule has 0 radical (unpaired) electrons. The number of aromatic nitrogens is 4. The third-order valence-electron chi connectivity index (χ3n) is 5.91. The van der Waals surface area contributed by atoms with Crippen molar-refractivity contribution in [2.75, 3.05) is 12.4 Å². The molecule has 5 rings (SSSR count). The fraction of sp³-hybridized carbons (Fsp3) is 0.360. The van der Waals surface area contributed by atoms with Gasteiger partial charge in [0.05, 0.1) is 24.6 Å². The predicted octanol–water partition coefficient (Wildman–Crippen LogP) is 4.39. The molecular weight excluding hydrogens is 434 g/mol. The lowest BCUT2D eigenvalue weighted by Crippen LogP contribution is -2.29. The Bertz CT molecular complexity index is 1220. The van der Waals surface area contributed by atoms with E-state index in [0.717, 1.165) is 58.8 Å². The van der Waals surface area contributed by atoms with Crippen molar-refractivity contribution in [3.05, 3.63) is 70.5 Å². The number of rotatable bonds is 7. The van der Waals surface area contributed by atoms with Gasteiger partial charge in [0.2, 0.25) is 11.8 Å². The lowest BCUT2D eigenvalue weighted by atomic mass is 9.93. The fourth-order valence-corrected chi connectivity index (χ4v) is 5.14. The van der Waals surface area contributed by atoms with Crippen molar-refractivity contribution < 1.29 is 9.84 Å². The van der Waals surface area contributed by atoms with Gasteiger partial charge in [-0.05, 0) is 43.4 Å². The third kappa shape index (κ3) is 5.46. The van der Waals surface area contributed by atoms with Crippen LogP contribution in [0.15, 0.2) is 48.5 Å². The van der Waals surface area contributed by atoms with E-state index in [0.29, 0.717) is 18.2 Å². The van der Waals surface area contributed by atoms with Gasteiger partial charge in [0, 0.05) is 24.9 Å². The second kappa shape index (κ2) is 9.80. The van der Waals surface area contributed by atoms with Crippen LogP contribution in [-0.2, 0) is 12.8 Å². The molecule has 8 heteroatoms. The molecule has 0 aliphatic heterocycles. The number of anilines is 1. The first-order chi connectivity index (χ1) is 16.1. The Morgan fingerprint density at radius 1 is 0.939 bits per heavy atom. The van der Waals surface area contributed by atoms with Crippen LogP contribution in [0.25, 0.3) is 10.3 Å². The summed E-state index contributed by atoms with van der Waals surface area (Å²) in [6, 6.07) is 16.5. The van der Waals surface area contributed by atoms with E-state index in [-0.39, 0.29) is 12.1 Å². The van der Waals surface area contributed by atoms with Gasteiger partial charge in [0.1, 0.15) is 15.4 Å². The molecule has 3 heterocycles. The van der Waals surface area contributed by atoms with Gasteiger partial charge in [-0.2, -0.15) is 0 Å². The number of aliphatic hydroxyl groups excluding tert-OH is 1. The molecule has 0 atom stereocenters. The molecule has 1 aromatic carbocycles. The highest BCUT2D eigenvalue weighted by Crippen LogP contribution is 2.26. The van der Waals surface area contributed by atoms with E-state index in [2.05, 4.69) is 28.5 Å². The van der Waals surface area contributed by atoms with E-state index >= 15 is 0 Å². The number of ether oxygens (including phenoxy) is 1. The number of pyridine rings is 1. The first-order valence-electron chi connectivity index (χ1n) is 11.3. The number of nitrogens with zero attached hydrogens (tertiary/aromatic N) is 4. The maximum Gasteiger partial charge on any atom is 0.223 e. The van der Waals surface area contributed by atoms with Crippen LogP contribution >= 0.6 is 11.3 Å². The second-order valence-electron chi connectivity index (χ2n) is 8.45.